The third kappa shape index (κ3) is 1.66. The Morgan fingerprint density at radius 2 is 2.18 bits per heavy atom. The monoisotopic (exact) mass is 215 g/mol. The molecule has 0 aliphatic heterocycles. The molecule has 3 heteroatoms. The maximum Gasteiger partial charge on any atom is 0.127 e. The SMILES string of the molecule is Cc1c(F)cc(Br)cc1C=N. The molecule has 0 atom stereocenters. The molecule has 0 aliphatic rings. The van der Waals surface area contributed by atoms with Crippen LogP contribution in [0.1, 0.15) is 11.1 Å². The standard InChI is InChI=1S/C8H7BrFN/c1-5-6(4-11)2-7(9)3-8(5)10/h2-4,11H,1H3. The van der Waals surface area contributed by atoms with Crippen molar-refractivity contribution in [2.45, 2.75) is 6.92 Å². The second-order valence-corrected chi connectivity index (χ2v) is 3.16. The normalized spacial score (nSPS) is 9.73. The van der Waals surface area contributed by atoms with Crippen LogP contribution < -0.4 is 0 Å². The van der Waals surface area contributed by atoms with Crippen LogP contribution in [0.4, 0.5) is 4.39 Å². The van der Waals surface area contributed by atoms with Gasteiger partial charge in [0.25, 0.3) is 0 Å². The van der Waals surface area contributed by atoms with Crippen LogP contribution in [0.3, 0.4) is 0 Å². The van der Waals surface area contributed by atoms with Crippen molar-refractivity contribution in [3.05, 3.63) is 33.5 Å². The molecule has 0 saturated heterocycles. The van der Waals surface area contributed by atoms with Crippen molar-refractivity contribution in [3.63, 3.8) is 0 Å². The van der Waals surface area contributed by atoms with Gasteiger partial charge in [0.05, 0.1) is 0 Å². The highest BCUT2D eigenvalue weighted by molar-refractivity contribution is 9.10. The summed E-state index contributed by atoms with van der Waals surface area (Å²) in [6.45, 7) is 1.65. The van der Waals surface area contributed by atoms with E-state index in [1.165, 1.54) is 6.07 Å². The number of hydrogen-bond acceptors (Lipinski definition) is 1. The smallest absolute Gasteiger partial charge is 0.127 e. The van der Waals surface area contributed by atoms with E-state index in [0.29, 0.717) is 15.6 Å². The fourth-order valence-corrected chi connectivity index (χ4v) is 1.26. The van der Waals surface area contributed by atoms with Gasteiger partial charge in [-0.3, -0.25) is 0 Å². The minimum atomic E-state index is -0.280. The second kappa shape index (κ2) is 3.13. The third-order valence-corrected chi connectivity index (χ3v) is 1.96. The zero-order valence-electron chi connectivity index (χ0n) is 5.99. The van der Waals surface area contributed by atoms with Gasteiger partial charge in [0.1, 0.15) is 5.82 Å². The van der Waals surface area contributed by atoms with Crippen molar-refractivity contribution in [2.24, 2.45) is 0 Å². The molecule has 0 aliphatic carbocycles. The molecule has 0 bridgehead atoms. The Bertz CT molecular complexity index is 296. The summed E-state index contributed by atoms with van der Waals surface area (Å²) in [7, 11) is 0. The summed E-state index contributed by atoms with van der Waals surface area (Å²) in [5.41, 5.74) is 1.13. The highest BCUT2D eigenvalue weighted by atomic mass is 79.9. The zero-order chi connectivity index (χ0) is 8.43. The van der Waals surface area contributed by atoms with E-state index >= 15 is 0 Å². The van der Waals surface area contributed by atoms with Crippen LogP contribution in [0.2, 0.25) is 0 Å². The fraction of sp³-hybridized carbons (Fsp3) is 0.125. The van der Waals surface area contributed by atoms with Crippen LogP contribution in [0, 0.1) is 18.2 Å². The fourth-order valence-electron chi connectivity index (χ4n) is 0.816. The molecular weight excluding hydrogens is 209 g/mol. The topological polar surface area (TPSA) is 23.9 Å². The van der Waals surface area contributed by atoms with Crippen molar-refractivity contribution in [1.29, 1.82) is 5.41 Å². The number of hydrogen-bond donors (Lipinski definition) is 1. The lowest BCUT2D eigenvalue weighted by molar-refractivity contribution is 0.617. The van der Waals surface area contributed by atoms with Gasteiger partial charge in [0.2, 0.25) is 0 Å². The van der Waals surface area contributed by atoms with Crippen LogP contribution in [0.25, 0.3) is 0 Å². The molecule has 58 valence electrons. The Hall–Kier alpha value is -0.700. The van der Waals surface area contributed by atoms with Gasteiger partial charge in [-0.25, -0.2) is 4.39 Å². The lowest BCUT2D eigenvalue weighted by atomic mass is 10.1. The third-order valence-electron chi connectivity index (χ3n) is 1.50. The van der Waals surface area contributed by atoms with Gasteiger partial charge < -0.3 is 5.41 Å². The Balaban J connectivity index is 3.35. The first-order valence-electron chi connectivity index (χ1n) is 3.11. The summed E-state index contributed by atoms with van der Waals surface area (Å²) in [5.74, 6) is -0.280. The number of nitrogens with one attached hydrogen (secondary N) is 1. The first-order chi connectivity index (χ1) is 5.15. The molecule has 1 aromatic carbocycles. The maximum atomic E-state index is 12.9. The molecule has 1 nitrogen and oxygen atoms in total. The Morgan fingerprint density at radius 3 is 2.73 bits per heavy atom. The molecule has 0 amide bonds. The highest BCUT2D eigenvalue weighted by Crippen LogP contribution is 2.18. The quantitative estimate of drug-likeness (QED) is 0.698. The highest BCUT2D eigenvalue weighted by Gasteiger charge is 2.02. The Labute approximate surface area is 72.9 Å². The second-order valence-electron chi connectivity index (χ2n) is 2.25. The Morgan fingerprint density at radius 1 is 1.55 bits per heavy atom. The average Bonchev–Trinajstić information content (AvgIpc) is 1.96. The predicted molar refractivity (Wildman–Crippen MR) is 46.7 cm³/mol. The summed E-state index contributed by atoms with van der Waals surface area (Å²) in [4.78, 5) is 0. The summed E-state index contributed by atoms with van der Waals surface area (Å²) in [6.07, 6.45) is 1.14. The predicted octanol–water partition coefficient (Wildman–Crippen LogP) is 2.89. The molecule has 1 aromatic rings. The van der Waals surface area contributed by atoms with E-state index in [1.54, 1.807) is 13.0 Å². The molecule has 11 heavy (non-hydrogen) atoms. The van der Waals surface area contributed by atoms with Crippen LogP contribution in [0.5, 0.6) is 0 Å². The van der Waals surface area contributed by atoms with Gasteiger partial charge in [0, 0.05) is 10.7 Å². The molecular formula is C8H7BrFN. The number of halogens is 2. The molecule has 0 radical (unpaired) electrons. The van der Waals surface area contributed by atoms with Crippen LogP contribution in [-0.2, 0) is 0 Å². The summed E-state index contributed by atoms with van der Waals surface area (Å²) in [5, 5.41) is 6.97. The minimum absolute atomic E-state index is 0.280. The van der Waals surface area contributed by atoms with E-state index in [4.69, 9.17) is 5.41 Å². The molecule has 1 N–H and O–H groups in total. The van der Waals surface area contributed by atoms with E-state index in [2.05, 4.69) is 15.9 Å². The number of benzene rings is 1. The van der Waals surface area contributed by atoms with Crippen molar-refractivity contribution in [1.82, 2.24) is 0 Å². The van der Waals surface area contributed by atoms with Crippen molar-refractivity contribution in [2.75, 3.05) is 0 Å². The van der Waals surface area contributed by atoms with Gasteiger partial charge in [0.15, 0.2) is 0 Å². The van der Waals surface area contributed by atoms with Crippen molar-refractivity contribution in [3.8, 4) is 0 Å². The van der Waals surface area contributed by atoms with Gasteiger partial charge >= 0.3 is 0 Å². The molecule has 0 fully saturated rings. The molecule has 0 aromatic heterocycles. The molecule has 0 spiro atoms. The largest absolute Gasteiger partial charge is 0.308 e. The van der Waals surface area contributed by atoms with E-state index < -0.39 is 0 Å². The van der Waals surface area contributed by atoms with Crippen LogP contribution >= 0.6 is 15.9 Å². The molecule has 1 rings (SSSR count). The maximum absolute atomic E-state index is 12.9. The summed E-state index contributed by atoms with van der Waals surface area (Å²) < 4.78 is 13.6. The lowest BCUT2D eigenvalue weighted by Crippen LogP contribution is -1.90. The van der Waals surface area contributed by atoms with Crippen LogP contribution in [0.15, 0.2) is 16.6 Å². The Kier molecular flexibility index (Phi) is 2.39. The van der Waals surface area contributed by atoms with E-state index in [-0.39, 0.29) is 5.82 Å². The van der Waals surface area contributed by atoms with Gasteiger partial charge in [-0.05, 0) is 30.2 Å². The molecule has 0 unspecified atom stereocenters. The number of rotatable bonds is 1. The summed E-state index contributed by atoms with van der Waals surface area (Å²) >= 11 is 3.14. The molecule has 0 saturated carbocycles. The zero-order valence-corrected chi connectivity index (χ0v) is 7.57. The first-order valence-corrected chi connectivity index (χ1v) is 3.90. The molecule has 0 heterocycles. The van der Waals surface area contributed by atoms with Crippen molar-refractivity contribution >= 4 is 22.1 Å². The van der Waals surface area contributed by atoms with Crippen LogP contribution in [-0.4, -0.2) is 6.21 Å². The van der Waals surface area contributed by atoms with E-state index in [0.717, 1.165) is 6.21 Å². The first kappa shape index (κ1) is 8.40. The lowest BCUT2D eigenvalue weighted by Gasteiger charge is -2.01. The van der Waals surface area contributed by atoms with Gasteiger partial charge in [-0.1, -0.05) is 15.9 Å². The van der Waals surface area contributed by atoms with Gasteiger partial charge in [-0.2, -0.15) is 0 Å². The summed E-state index contributed by atoms with van der Waals surface area (Å²) in [6, 6.07) is 3.10. The van der Waals surface area contributed by atoms with Gasteiger partial charge in [-0.15, -0.1) is 0 Å². The minimum Gasteiger partial charge on any atom is -0.308 e. The van der Waals surface area contributed by atoms with E-state index in [9.17, 15) is 4.39 Å². The van der Waals surface area contributed by atoms with Crippen molar-refractivity contribution < 1.29 is 4.39 Å². The average molecular weight is 216 g/mol. The van der Waals surface area contributed by atoms with E-state index in [1.807, 2.05) is 0 Å².